The molecule has 112 valence electrons. The van der Waals surface area contributed by atoms with E-state index in [9.17, 15) is 18.5 Å². The highest BCUT2D eigenvalue weighted by Gasteiger charge is 2.24. The highest BCUT2D eigenvalue weighted by Crippen LogP contribution is 2.21. The average Bonchev–Trinajstić information content (AvgIpc) is 2.22. The molecule has 0 aliphatic rings. The Morgan fingerprint density at radius 1 is 1.50 bits per heavy atom. The van der Waals surface area contributed by atoms with Crippen LogP contribution in [0.15, 0.2) is 6.20 Å². The van der Waals surface area contributed by atoms with Gasteiger partial charge in [-0.2, -0.15) is 4.98 Å². The van der Waals surface area contributed by atoms with E-state index in [1.165, 1.54) is 0 Å². The smallest absolute Gasteiger partial charge is 0.329 e. The zero-order chi connectivity index (χ0) is 15.6. The molecule has 0 fully saturated rings. The van der Waals surface area contributed by atoms with Crippen molar-refractivity contribution in [3.63, 3.8) is 0 Å². The lowest BCUT2D eigenvalue weighted by molar-refractivity contribution is -0.384. The van der Waals surface area contributed by atoms with E-state index in [1.807, 2.05) is 0 Å². The molecule has 1 aromatic rings. The summed E-state index contributed by atoms with van der Waals surface area (Å²) in [5.74, 6) is -0.183. The molecule has 0 unspecified atom stereocenters. The number of nitrogens with one attached hydrogen (secondary N) is 2. The maximum absolute atomic E-state index is 11.2. The molecular formula is C9H16N6O4S. The minimum atomic E-state index is -3.40. The van der Waals surface area contributed by atoms with Gasteiger partial charge in [0, 0.05) is 12.1 Å². The number of nitrogen functional groups attached to an aromatic ring is 1. The van der Waals surface area contributed by atoms with E-state index in [2.05, 4.69) is 20.0 Å². The maximum atomic E-state index is 11.2. The van der Waals surface area contributed by atoms with Gasteiger partial charge in [0.1, 0.15) is 6.20 Å². The van der Waals surface area contributed by atoms with E-state index < -0.39 is 20.5 Å². The molecule has 1 rings (SSSR count). The first-order valence-corrected chi connectivity index (χ1v) is 7.39. The summed E-state index contributed by atoms with van der Waals surface area (Å²) in [5.41, 5.74) is 4.17. The van der Waals surface area contributed by atoms with Crippen molar-refractivity contribution in [3.8, 4) is 0 Å². The molecule has 0 saturated heterocycles. The Balaban J connectivity index is 2.89. The maximum Gasteiger partial charge on any atom is 0.329 e. The first-order valence-electron chi connectivity index (χ1n) is 5.50. The molecule has 11 heteroatoms. The summed E-state index contributed by atoms with van der Waals surface area (Å²) >= 11 is 0. The number of nitrogens with zero attached hydrogens (tertiary/aromatic N) is 3. The van der Waals surface area contributed by atoms with Crippen LogP contribution in [0.4, 0.5) is 17.5 Å². The Bertz CT molecular complexity index is 615. The molecule has 1 aromatic heterocycles. The third-order valence-corrected chi connectivity index (χ3v) is 3.07. The van der Waals surface area contributed by atoms with Crippen LogP contribution in [0.3, 0.4) is 0 Å². The zero-order valence-corrected chi connectivity index (χ0v) is 12.1. The number of hydrogen-bond acceptors (Lipinski definition) is 8. The number of nitro groups is 1. The topological polar surface area (TPSA) is 153 Å². The molecule has 0 aliphatic carbocycles. The van der Waals surface area contributed by atoms with E-state index >= 15 is 0 Å². The molecule has 0 aliphatic heterocycles. The van der Waals surface area contributed by atoms with Crippen molar-refractivity contribution >= 4 is 27.5 Å². The van der Waals surface area contributed by atoms with Gasteiger partial charge in [-0.25, -0.2) is 18.1 Å². The van der Waals surface area contributed by atoms with Crippen LogP contribution >= 0.6 is 0 Å². The molecule has 10 nitrogen and oxygen atoms in total. The molecule has 0 spiro atoms. The van der Waals surface area contributed by atoms with Crippen molar-refractivity contribution in [1.29, 1.82) is 0 Å². The second-order valence-corrected chi connectivity index (χ2v) is 6.58. The molecule has 0 bridgehead atoms. The summed E-state index contributed by atoms with van der Waals surface area (Å²) in [4.78, 5) is 17.4. The fraction of sp³-hybridized carbons (Fsp3) is 0.556. The monoisotopic (exact) mass is 304 g/mol. The van der Waals surface area contributed by atoms with Gasteiger partial charge in [0.15, 0.2) is 0 Å². The summed E-state index contributed by atoms with van der Waals surface area (Å²) in [6.07, 6.45) is 2.02. The van der Waals surface area contributed by atoms with Crippen LogP contribution in [0.1, 0.15) is 13.8 Å². The zero-order valence-electron chi connectivity index (χ0n) is 11.2. The Morgan fingerprint density at radius 2 is 2.10 bits per heavy atom. The number of sulfonamides is 1. The minimum absolute atomic E-state index is 0.0640. The number of hydrogen-bond donors (Lipinski definition) is 3. The van der Waals surface area contributed by atoms with E-state index in [1.54, 1.807) is 13.8 Å². The van der Waals surface area contributed by atoms with Crippen LogP contribution in [-0.2, 0) is 10.0 Å². The van der Waals surface area contributed by atoms with Gasteiger partial charge in [-0.05, 0) is 13.8 Å². The number of nitrogens with two attached hydrogens (primary N) is 1. The molecule has 1 heterocycles. The standard InChI is InChI=1S/C9H16N6O4S/c1-9(2,14-20(3,18)19)5-12-7-6(15(16)17)4-11-8(10)13-7/h4,14H,5H2,1-3H3,(H3,10,11,12,13). The minimum Gasteiger partial charge on any atom is -0.368 e. The Morgan fingerprint density at radius 3 is 2.60 bits per heavy atom. The molecule has 0 atom stereocenters. The van der Waals surface area contributed by atoms with Gasteiger partial charge in [-0.3, -0.25) is 10.1 Å². The summed E-state index contributed by atoms with van der Waals surface area (Å²) < 4.78 is 24.8. The Kier molecular flexibility index (Phi) is 4.45. The third kappa shape index (κ3) is 4.93. The lowest BCUT2D eigenvalue weighted by Crippen LogP contribution is -2.47. The van der Waals surface area contributed by atoms with Gasteiger partial charge in [0.2, 0.25) is 21.8 Å². The second-order valence-electron chi connectivity index (χ2n) is 4.83. The molecule has 0 amide bonds. The van der Waals surface area contributed by atoms with E-state index in [0.717, 1.165) is 12.5 Å². The SMILES string of the molecule is CC(C)(CNc1nc(N)ncc1[N+](=O)[O-])NS(C)(=O)=O. The van der Waals surface area contributed by atoms with Crippen molar-refractivity contribution in [3.05, 3.63) is 16.3 Å². The fourth-order valence-corrected chi connectivity index (χ4v) is 2.57. The van der Waals surface area contributed by atoms with Gasteiger partial charge >= 0.3 is 5.69 Å². The first kappa shape index (κ1) is 16.0. The lowest BCUT2D eigenvalue weighted by atomic mass is 10.1. The summed E-state index contributed by atoms with van der Waals surface area (Å²) in [6, 6.07) is 0. The molecule has 4 N–H and O–H groups in total. The van der Waals surface area contributed by atoms with Crippen LogP contribution < -0.4 is 15.8 Å². The van der Waals surface area contributed by atoms with E-state index in [0.29, 0.717) is 0 Å². The number of rotatable bonds is 6. The largest absolute Gasteiger partial charge is 0.368 e. The van der Waals surface area contributed by atoms with Gasteiger partial charge in [0.25, 0.3) is 0 Å². The van der Waals surface area contributed by atoms with Gasteiger partial charge < -0.3 is 11.1 Å². The van der Waals surface area contributed by atoms with Crippen LogP contribution in [0, 0.1) is 10.1 Å². The molecule has 0 saturated carbocycles. The first-order chi connectivity index (χ1) is 9.00. The van der Waals surface area contributed by atoms with E-state index in [-0.39, 0.29) is 24.0 Å². The molecular weight excluding hydrogens is 288 g/mol. The van der Waals surface area contributed by atoms with E-state index in [4.69, 9.17) is 5.73 Å². The van der Waals surface area contributed by atoms with Crippen molar-refractivity contribution in [2.45, 2.75) is 19.4 Å². The number of anilines is 2. The molecule has 0 radical (unpaired) electrons. The van der Waals surface area contributed by atoms with Crippen LogP contribution in [0.5, 0.6) is 0 Å². The van der Waals surface area contributed by atoms with Gasteiger partial charge in [-0.15, -0.1) is 0 Å². The Hall–Kier alpha value is -2.01. The van der Waals surface area contributed by atoms with Crippen molar-refractivity contribution in [2.24, 2.45) is 0 Å². The summed E-state index contributed by atoms with van der Waals surface area (Å²) in [7, 11) is -3.40. The van der Waals surface area contributed by atoms with Gasteiger partial charge in [0.05, 0.1) is 11.2 Å². The van der Waals surface area contributed by atoms with Crippen molar-refractivity contribution < 1.29 is 13.3 Å². The quantitative estimate of drug-likeness (QED) is 0.478. The van der Waals surface area contributed by atoms with Gasteiger partial charge in [-0.1, -0.05) is 0 Å². The fourth-order valence-electron chi connectivity index (χ4n) is 1.50. The predicted molar refractivity (Wildman–Crippen MR) is 73.6 cm³/mol. The van der Waals surface area contributed by atoms with Crippen molar-refractivity contribution in [2.75, 3.05) is 23.9 Å². The lowest BCUT2D eigenvalue weighted by Gasteiger charge is -2.25. The highest BCUT2D eigenvalue weighted by atomic mass is 32.2. The third-order valence-electron chi connectivity index (χ3n) is 2.14. The van der Waals surface area contributed by atoms with Crippen LogP contribution in [-0.4, -0.2) is 41.6 Å². The predicted octanol–water partition coefficient (Wildman–Crippen LogP) is -0.293. The summed E-state index contributed by atoms with van der Waals surface area (Å²) in [6.45, 7) is 3.33. The second kappa shape index (κ2) is 5.54. The van der Waals surface area contributed by atoms with Crippen molar-refractivity contribution in [1.82, 2.24) is 14.7 Å². The molecule has 0 aromatic carbocycles. The molecule has 20 heavy (non-hydrogen) atoms. The Labute approximate surface area is 116 Å². The number of aromatic nitrogens is 2. The highest BCUT2D eigenvalue weighted by molar-refractivity contribution is 7.88. The van der Waals surface area contributed by atoms with Crippen LogP contribution in [0.25, 0.3) is 0 Å². The summed E-state index contributed by atoms with van der Waals surface area (Å²) in [5, 5.41) is 13.5. The average molecular weight is 304 g/mol. The van der Waals surface area contributed by atoms with Crippen LogP contribution in [0.2, 0.25) is 0 Å². The normalized spacial score (nSPS) is 12.2.